The van der Waals surface area contributed by atoms with E-state index in [2.05, 4.69) is 36.2 Å². The Balaban J connectivity index is 2.19. The van der Waals surface area contributed by atoms with E-state index < -0.39 is 0 Å². The smallest absolute Gasteiger partial charge is 0.148 e. The Bertz CT molecular complexity index is 396. The molecule has 5 heteroatoms. The molecule has 1 aliphatic rings. The molecule has 96 valence electrons. The van der Waals surface area contributed by atoms with Crippen molar-refractivity contribution in [2.75, 3.05) is 31.2 Å². The van der Waals surface area contributed by atoms with E-state index in [0.29, 0.717) is 12.1 Å². The van der Waals surface area contributed by atoms with Crippen LogP contribution in [0.15, 0.2) is 0 Å². The van der Waals surface area contributed by atoms with Gasteiger partial charge in [0.1, 0.15) is 5.82 Å². The van der Waals surface area contributed by atoms with Crippen LogP contribution < -0.4 is 11.1 Å². The maximum Gasteiger partial charge on any atom is 0.148 e. The van der Waals surface area contributed by atoms with Crippen LogP contribution in [0.2, 0.25) is 0 Å². The van der Waals surface area contributed by atoms with Gasteiger partial charge < -0.3 is 16.0 Å². The number of aromatic nitrogens is 2. The van der Waals surface area contributed by atoms with Gasteiger partial charge in [0.15, 0.2) is 0 Å². The molecule has 1 fully saturated rings. The number of nitrogens with zero attached hydrogens (tertiary/aromatic N) is 3. The summed E-state index contributed by atoms with van der Waals surface area (Å²) in [6.45, 7) is 8.42. The molecule has 0 aromatic carbocycles. The Kier molecular flexibility index (Phi) is 3.28. The van der Waals surface area contributed by atoms with Crippen molar-refractivity contribution in [2.45, 2.75) is 39.3 Å². The summed E-state index contributed by atoms with van der Waals surface area (Å²) in [5.74, 6) is 0.984. The fourth-order valence-corrected chi connectivity index (χ4v) is 2.32. The molecule has 2 rings (SSSR count). The van der Waals surface area contributed by atoms with E-state index in [4.69, 9.17) is 5.73 Å². The fourth-order valence-electron chi connectivity index (χ4n) is 2.32. The standard InChI is InChI=1S/C12H23N5/c1-8(2)17-12(11(13)9(3)15-17)14-10-5-6-16(4)7-10/h8,10,14H,5-7,13H2,1-4H3. The molecular formula is C12H23N5. The lowest BCUT2D eigenvalue weighted by atomic mass is 10.2. The molecule has 5 nitrogen and oxygen atoms in total. The van der Waals surface area contributed by atoms with Crippen molar-refractivity contribution in [1.82, 2.24) is 14.7 Å². The van der Waals surface area contributed by atoms with Crippen molar-refractivity contribution in [3.05, 3.63) is 5.69 Å². The summed E-state index contributed by atoms with van der Waals surface area (Å²) < 4.78 is 1.99. The van der Waals surface area contributed by atoms with Gasteiger partial charge in [-0.25, -0.2) is 4.68 Å². The van der Waals surface area contributed by atoms with Crippen molar-refractivity contribution in [2.24, 2.45) is 0 Å². The minimum Gasteiger partial charge on any atom is -0.394 e. The minimum atomic E-state index is 0.327. The van der Waals surface area contributed by atoms with Gasteiger partial charge in [-0.1, -0.05) is 0 Å². The van der Waals surface area contributed by atoms with E-state index in [0.717, 1.165) is 36.7 Å². The summed E-state index contributed by atoms with van der Waals surface area (Å²) >= 11 is 0. The Morgan fingerprint density at radius 1 is 1.47 bits per heavy atom. The molecule has 17 heavy (non-hydrogen) atoms. The number of likely N-dealkylation sites (tertiary alicyclic amines) is 1. The second-order valence-electron chi connectivity index (χ2n) is 5.28. The maximum atomic E-state index is 6.09. The van der Waals surface area contributed by atoms with Crippen LogP contribution in [0.25, 0.3) is 0 Å². The van der Waals surface area contributed by atoms with Gasteiger partial charge in [-0.2, -0.15) is 5.10 Å². The first-order valence-electron chi connectivity index (χ1n) is 6.28. The van der Waals surface area contributed by atoms with Gasteiger partial charge in [-0.3, -0.25) is 0 Å². The third kappa shape index (κ3) is 2.39. The Morgan fingerprint density at radius 2 is 2.18 bits per heavy atom. The first kappa shape index (κ1) is 12.2. The average molecular weight is 237 g/mol. The van der Waals surface area contributed by atoms with Gasteiger partial charge >= 0.3 is 0 Å². The summed E-state index contributed by atoms with van der Waals surface area (Å²) in [6, 6.07) is 0.809. The van der Waals surface area contributed by atoms with Gasteiger partial charge in [0.2, 0.25) is 0 Å². The van der Waals surface area contributed by atoms with E-state index in [-0.39, 0.29) is 0 Å². The number of nitrogens with one attached hydrogen (secondary N) is 1. The van der Waals surface area contributed by atoms with Crippen LogP contribution in [0.1, 0.15) is 32.0 Å². The molecule has 0 amide bonds. The van der Waals surface area contributed by atoms with Crippen LogP contribution in [0.5, 0.6) is 0 Å². The summed E-state index contributed by atoms with van der Waals surface area (Å²) in [5.41, 5.74) is 7.79. The maximum absolute atomic E-state index is 6.09. The van der Waals surface area contributed by atoms with E-state index in [1.165, 1.54) is 0 Å². The highest BCUT2D eigenvalue weighted by Crippen LogP contribution is 2.27. The molecule has 1 aromatic heterocycles. The number of hydrogen-bond acceptors (Lipinski definition) is 4. The van der Waals surface area contributed by atoms with E-state index in [1.54, 1.807) is 0 Å². The third-order valence-electron chi connectivity index (χ3n) is 3.35. The molecule has 0 radical (unpaired) electrons. The molecule has 0 saturated carbocycles. The van der Waals surface area contributed by atoms with Gasteiger partial charge in [0.05, 0.1) is 11.4 Å². The normalized spacial score (nSPS) is 21.4. The predicted octanol–water partition coefficient (Wildman–Crippen LogP) is 1.47. The number of aryl methyl sites for hydroxylation is 1. The van der Waals surface area contributed by atoms with Crippen molar-refractivity contribution >= 4 is 11.5 Å². The van der Waals surface area contributed by atoms with Crippen molar-refractivity contribution < 1.29 is 0 Å². The SMILES string of the molecule is Cc1nn(C(C)C)c(NC2CCN(C)C2)c1N. The quantitative estimate of drug-likeness (QED) is 0.836. The zero-order valence-electron chi connectivity index (χ0n) is 11.2. The first-order chi connectivity index (χ1) is 7.99. The molecular weight excluding hydrogens is 214 g/mol. The zero-order valence-corrected chi connectivity index (χ0v) is 11.2. The predicted molar refractivity (Wildman–Crippen MR) is 71.3 cm³/mol. The largest absolute Gasteiger partial charge is 0.394 e. The molecule has 1 atom stereocenters. The molecule has 1 saturated heterocycles. The van der Waals surface area contributed by atoms with Crippen molar-refractivity contribution in [3.63, 3.8) is 0 Å². The summed E-state index contributed by atoms with van der Waals surface area (Å²) in [6.07, 6.45) is 1.16. The lowest BCUT2D eigenvalue weighted by molar-refractivity contribution is 0.413. The topological polar surface area (TPSA) is 59.1 Å². The van der Waals surface area contributed by atoms with E-state index in [9.17, 15) is 0 Å². The lowest BCUT2D eigenvalue weighted by Gasteiger charge is -2.18. The van der Waals surface area contributed by atoms with Gasteiger partial charge in [0.25, 0.3) is 0 Å². The van der Waals surface area contributed by atoms with Gasteiger partial charge in [-0.15, -0.1) is 0 Å². The number of anilines is 2. The van der Waals surface area contributed by atoms with Crippen LogP contribution in [-0.4, -0.2) is 40.9 Å². The number of hydrogen-bond donors (Lipinski definition) is 2. The molecule has 3 N–H and O–H groups in total. The number of rotatable bonds is 3. The second kappa shape index (κ2) is 4.56. The highest BCUT2D eigenvalue weighted by atomic mass is 15.4. The highest BCUT2D eigenvalue weighted by molar-refractivity contribution is 5.65. The molecule has 0 aliphatic carbocycles. The molecule has 1 aliphatic heterocycles. The molecule has 0 spiro atoms. The van der Waals surface area contributed by atoms with Crippen LogP contribution >= 0.6 is 0 Å². The van der Waals surface area contributed by atoms with Crippen molar-refractivity contribution in [1.29, 1.82) is 0 Å². The van der Waals surface area contributed by atoms with Gasteiger partial charge in [0, 0.05) is 18.6 Å². The third-order valence-corrected chi connectivity index (χ3v) is 3.35. The minimum absolute atomic E-state index is 0.327. The average Bonchev–Trinajstić information content (AvgIpc) is 2.77. The molecule has 2 heterocycles. The van der Waals surface area contributed by atoms with Crippen LogP contribution in [0.3, 0.4) is 0 Å². The number of likely N-dealkylation sites (N-methyl/N-ethyl adjacent to an activating group) is 1. The lowest BCUT2D eigenvalue weighted by Crippen LogP contribution is -2.25. The second-order valence-corrected chi connectivity index (χ2v) is 5.28. The van der Waals surface area contributed by atoms with Crippen molar-refractivity contribution in [3.8, 4) is 0 Å². The molecule has 1 unspecified atom stereocenters. The summed E-state index contributed by atoms with van der Waals surface area (Å²) in [7, 11) is 2.15. The first-order valence-corrected chi connectivity index (χ1v) is 6.28. The molecule has 0 bridgehead atoms. The molecule has 1 aromatic rings. The van der Waals surface area contributed by atoms with Crippen LogP contribution in [0, 0.1) is 6.92 Å². The Morgan fingerprint density at radius 3 is 2.71 bits per heavy atom. The fraction of sp³-hybridized carbons (Fsp3) is 0.750. The Labute approximate surface area is 103 Å². The van der Waals surface area contributed by atoms with Crippen LogP contribution in [0.4, 0.5) is 11.5 Å². The van der Waals surface area contributed by atoms with Gasteiger partial charge in [-0.05, 0) is 40.8 Å². The van der Waals surface area contributed by atoms with E-state index >= 15 is 0 Å². The van der Waals surface area contributed by atoms with E-state index in [1.807, 2.05) is 11.6 Å². The highest BCUT2D eigenvalue weighted by Gasteiger charge is 2.23. The van der Waals surface area contributed by atoms with Crippen LogP contribution in [-0.2, 0) is 0 Å². The summed E-state index contributed by atoms with van der Waals surface area (Å²) in [5, 5.41) is 8.03. The summed E-state index contributed by atoms with van der Waals surface area (Å²) in [4.78, 5) is 2.33. The number of nitrogens with two attached hydrogens (primary N) is 1. The Hall–Kier alpha value is -1.23. The zero-order chi connectivity index (χ0) is 12.6. The number of nitrogen functional groups attached to an aromatic ring is 1. The monoisotopic (exact) mass is 237 g/mol.